The summed E-state index contributed by atoms with van der Waals surface area (Å²) in [4.78, 5) is 2.50. The minimum absolute atomic E-state index is 0.528. The third-order valence-corrected chi connectivity index (χ3v) is 13.0. The van der Waals surface area contributed by atoms with Crippen LogP contribution in [0, 0.1) is 0 Å². The minimum atomic E-state index is -0.528. The molecular formula is C61H42N2. The Balaban J connectivity index is 1.17. The molecule has 0 fully saturated rings. The van der Waals surface area contributed by atoms with E-state index in [1.54, 1.807) is 0 Å². The molecule has 0 atom stereocenters. The highest BCUT2D eigenvalue weighted by Crippen LogP contribution is 2.59. The van der Waals surface area contributed by atoms with Gasteiger partial charge < -0.3 is 9.47 Å². The molecule has 0 amide bonds. The number of para-hydroxylation sites is 1. The van der Waals surface area contributed by atoms with Crippen LogP contribution in [0.5, 0.6) is 0 Å². The zero-order valence-electron chi connectivity index (χ0n) is 34.6. The van der Waals surface area contributed by atoms with Gasteiger partial charge in [0, 0.05) is 33.4 Å². The summed E-state index contributed by atoms with van der Waals surface area (Å²) >= 11 is 0. The standard InChI is InChI=1S/C61H42N2/c1-6-21-43(22-7-1)45-25-18-32-49(41-45)62(50-39-40-53-58(42-50)63(48-30-14-5-15-31-48)56-37-19-34-51(59(53)56)44-23-8-2-9-24-44)57-38-20-36-55-60(57)52-33-16-17-35-54(52)61(55,46-26-10-3-11-27-46)47-28-12-4-13-29-47/h1-42H. The molecule has 1 aliphatic carbocycles. The molecule has 1 heterocycles. The van der Waals surface area contributed by atoms with E-state index in [0.29, 0.717) is 0 Å². The van der Waals surface area contributed by atoms with Crippen LogP contribution in [-0.4, -0.2) is 4.57 Å². The van der Waals surface area contributed by atoms with Crippen LogP contribution in [0.25, 0.3) is 60.9 Å². The van der Waals surface area contributed by atoms with Crippen LogP contribution in [-0.2, 0) is 5.41 Å². The molecule has 0 aliphatic heterocycles. The average molecular weight is 803 g/mol. The first kappa shape index (κ1) is 36.6. The lowest BCUT2D eigenvalue weighted by atomic mass is 9.68. The van der Waals surface area contributed by atoms with Gasteiger partial charge in [0.25, 0.3) is 0 Å². The number of anilines is 3. The SMILES string of the molecule is c1ccc(-c2cccc(N(c3ccc4c5c(-c6ccccc6)cccc5n(-c5ccccc5)c4c3)c3cccc4c3-c3ccccc3C4(c3ccccc3)c3ccccc3)c2)cc1. The molecule has 12 rings (SSSR count). The summed E-state index contributed by atoms with van der Waals surface area (Å²) < 4.78 is 2.44. The summed E-state index contributed by atoms with van der Waals surface area (Å²) in [6.45, 7) is 0. The fourth-order valence-corrected chi connectivity index (χ4v) is 10.5. The van der Waals surface area contributed by atoms with Crippen LogP contribution < -0.4 is 4.90 Å². The predicted octanol–water partition coefficient (Wildman–Crippen LogP) is 16.0. The quantitative estimate of drug-likeness (QED) is 0.149. The molecular weight excluding hydrogens is 761 g/mol. The number of rotatable bonds is 8. The predicted molar refractivity (Wildman–Crippen MR) is 264 cm³/mol. The van der Waals surface area contributed by atoms with Crippen molar-refractivity contribution >= 4 is 38.9 Å². The Morgan fingerprint density at radius 1 is 0.349 bits per heavy atom. The normalized spacial score (nSPS) is 12.6. The summed E-state index contributed by atoms with van der Waals surface area (Å²) in [6, 6.07) is 93.3. The molecule has 0 unspecified atom stereocenters. The van der Waals surface area contributed by atoms with Crippen molar-refractivity contribution in [3.63, 3.8) is 0 Å². The van der Waals surface area contributed by atoms with E-state index in [2.05, 4.69) is 264 Å². The van der Waals surface area contributed by atoms with E-state index >= 15 is 0 Å². The molecule has 1 aliphatic rings. The Morgan fingerprint density at radius 2 is 0.889 bits per heavy atom. The van der Waals surface area contributed by atoms with Crippen LogP contribution in [0.2, 0.25) is 0 Å². The van der Waals surface area contributed by atoms with Gasteiger partial charge in [-0.3, -0.25) is 0 Å². The van der Waals surface area contributed by atoms with Crippen molar-refractivity contribution in [2.45, 2.75) is 5.41 Å². The summed E-state index contributed by atoms with van der Waals surface area (Å²) in [5.41, 5.74) is 18.6. The largest absolute Gasteiger partial charge is 0.310 e. The zero-order chi connectivity index (χ0) is 41.7. The molecule has 2 heteroatoms. The first-order valence-electron chi connectivity index (χ1n) is 21.8. The number of hydrogen-bond donors (Lipinski definition) is 0. The fraction of sp³-hybridized carbons (Fsp3) is 0.0164. The number of nitrogens with zero attached hydrogens (tertiary/aromatic N) is 2. The van der Waals surface area contributed by atoms with E-state index in [9.17, 15) is 0 Å². The summed E-state index contributed by atoms with van der Waals surface area (Å²) in [5, 5.41) is 2.46. The zero-order valence-corrected chi connectivity index (χ0v) is 34.6. The fourth-order valence-electron chi connectivity index (χ4n) is 10.5. The van der Waals surface area contributed by atoms with E-state index in [1.807, 2.05) is 0 Å². The lowest BCUT2D eigenvalue weighted by Gasteiger charge is -2.34. The first-order valence-corrected chi connectivity index (χ1v) is 21.8. The van der Waals surface area contributed by atoms with E-state index in [-0.39, 0.29) is 0 Å². The average Bonchev–Trinajstić information content (AvgIpc) is 3.87. The van der Waals surface area contributed by atoms with E-state index < -0.39 is 5.41 Å². The molecule has 0 radical (unpaired) electrons. The van der Waals surface area contributed by atoms with E-state index in [1.165, 1.54) is 71.9 Å². The topological polar surface area (TPSA) is 8.17 Å². The summed E-state index contributed by atoms with van der Waals surface area (Å²) in [6.07, 6.45) is 0. The maximum atomic E-state index is 2.50. The second kappa shape index (κ2) is 15.1. The van der Waals surface area contributed by atoms with Crippen molar-refractivity contribution in [2.24, 2.45) is 0 Å². The molecule has 0 spiro atoms. The Bertz CT molecular complexity index is 3390. The smallest absolute Gasteiger partial charge is 0.0714 e. The van der Waals surface area contributed by atoms with Gasteiger partial charge in [0.05, 0.1) is 22.1 Å². The first-order chi connectivity index (χ1) is 31.3. The van der Waals surface area contributed by atoms with Gasteiger partial charge in [-0.1, -0.05) is 206 Å². The molecule has 0 bridgehead atoms. The number of benzene rings is 10. The van der Waals surface area contributed by atoms with E-state index in [4.69, 9.17) is 0 Å². The molecule has 1 aromatic heterocycles. The molecule has 2 nitrogen and oxygen atoms in total. The van der Waals surface area contributed by atoms with Gasteiger partial charge >= 0.3 is 0 Å². The van der Waals surface area contributed by atoms with Gasteiger partial charge in [0.1, 0.15) is 0 Å². The van der Waals surface area contributed by atoms with Gasteiger partial charge in [0.2, 0.25) is 0 Å². The van der Waals surface area contributed by atoms with Crippen molar-refractivity contribution in [1.29, 1.82) is 0 Å². The lowest BCUT2D eigenvalue weighted by molar-refractivity contribution is 0.768. The molecule has 0 saturated carbocycles. The lowest BCUT2D eigenvalue weighted by Crippen LogP contribution is -2.28. The minimum Gasteiger partial charge on any atom is -0.310 e. The number of aromatic nitrogens is 1. The van der Waals surface area contributed by atoms with E-state index in [0.717, 1.165) is 28.3 Å². The number of hydrogen-bond acceptors (Lipinski definition) is 1. The molecule has 11 aromatic rings. The van der Waals surface area contributed by atoms with Gasteiger partial charge in [-0.25, -0.2) is 0 Å². The monoisotopic (exact) mass is 802 g/mol. The maximum absolute atomic E-state index is 2.50. The van der Waals surface area contributed by atoms with Gasteiger partial charge in [-0.05, 0) is 98.6 Å². The maximum Gasteiger partial charge on any atom is 0.0714 e. The molecule has 0 N–H and O–H groups in total. The molecule has 296 valence electrons. The second-order valence-electron chi connectivity index (χ2n) is 16.4. The second-order valence-corrected chi connectivity index (χ2v) is 16.4. The molecule has 63 heavy (non-hydrogen) atoms. The Labute approximate surface area is 368 Å². The third kappa shape index (κ3) is 5.80. The van der Waals surface area contributed by atoms with Crippen LogP contribution in [0.15, 0.2) is 255 Å². The molecule has 0 saturated heterocycles. The van der Waals surface area contributed by atoms with Gasteiger partial charge in [-0.15, -0.1) is 0 Å². The van der Waals surface area contributed by atoms with Crippen LogP contribution >= 0.6 is 0 Å². The Kier molecular flexibility index (Phi) is 8.76. The van der Waals surface area contributed by atoms with Crippen molar-refractivity contribution < 1.29 is 0 Å². The van der Waals surface area contributed by atoms with Crippen molar-refractivity contribution in [3.05, 3.63) is 277 Å². The van der Waals surface area contributed by atoms with Gasteiger partial charge in [-0.2, -0.15) is 0 Å². The highest BCUT2D eigenvalue weighted by atomic mass is 15.1. The Hall–Kier alpha value is -8.20. The number of fused-ring (bicyclic) bond motifs is 6. The third-order valence-electron chi connectivity index (χ3n) is 13.0. The highest BCUT2D eigenvalue weighted by Gasteiger charge is 2.47. The molecule has 10 aromatic carbocycles. The summed E-state index contributed by atoms with van der Waals surface area (Å²) in [7, 11) is 0. The van der Waals surface area contributed by atoms with Crippen molar-refractivity contribution in [3.8, 4) is 39.1 Å². The van der Waals surface area contributed by atoms with Crippen LogP contribution in [0.4, 0.5) is 17.1 Å². The van der Waals surface area contributed by atoms with Crippen LogP contribution in [0.3, 0.4) is 0 Å². The van der Waals surface area contributed by atoms with Gasteiger partial charge in [0.15, 0.2) is 0 Å². The Morgan fingerprint density at radius 3 is 1.60 bits per heavy atom. The van der Waals surface area contributed by atoms with Crippen molar-refractivity contribution in [1.82, 2.24) is 4.57 Å². The summed E-state index contributed by atoms with van der Waals surface area (Å²) in [5.74, 6) is 0. The highest BCUT2D eigenvalue weighted by molar-refractivity contribution is 6.16. The van der Waals surface area contributed by atoms with Crippen LogP contribution in [0.1, 0.15) is 22.3 Å². The van der Waals surface area contributed by atoms with Crippen molar-refractivity contribution in [2.75, 3.05) is 4.90 Å².